The van der Waals surface area contributed by atoms with Gasteiger partial charge in [-0.3, -0.25) is 4.98 Å². The summed E-state index contributed by atoms with van der Waals surface area (Å²) in [6.45, 7) is 6.00. The quantitative estimate of drug-likeness (QED) is 0.593. The van der Waals surface area contributed by atoms with Gasteiger partial charge in [-0.1, -0.05) is 6.92 Å². The molecule has 0 spiro atoms. The van der Waals surface area contributed by atoms with E-state index >= 15 is 0 Å². The number of hydrogen-bond acceptors (Lipinski definition) is 4. The smallest absolute Gasteiger partial charge is 0.191 e. The highest BCUT2D eigenvalue weighted by Gasteiger charge is 2.21. The second kappa shape index (κ2) is 6.67. The molecule has 0 aromatic carbocycles. The van der Waals surface area contributed by atoms with Gasteiger partial charge in [-0.2, -0.15) is 5.10 Å². The zero-order chi connectivity index (χ0) is 19.3. The fourth-order valence-electron chi connectivity index (χ4n) is 4.11. The van der Waals surface area contributed by atoms with E-state index in [1.54, 1.807) is 10.6 Å². The molecular weight excluding hydrogens is 355 g/mol. The van der Waals surface area contributed by atoms with Crippen molar-refractivity contribution in [3.63, 3.8) is 0 Å². The molecule has 6 nitrogen and oxygen atoms in total. The zero-order valence-electron chi connectivity index (χ0n) is 16.1. The van der Waals surface area contributed by atoms with Crippen LogP contribution in [0.1, 0.15) is 42.9 Å². The predicted molar refractivity (Wildman–Crippen MR) is 106 cm³/mol. The van der Waals surface area contributed by atoms with E-state index in [0.717, 1.165) is 66.2 Å². The van der Waals surface area contributed by atoms with Gasteiger partial charge in [0, 0.05) is 35.6 Å². The number of aryl methyl sites for hydroxylation is 2. The van der Waals surface area contributed by atoms with Gasteiger partial charge in [0.05, 0.1) is 16.9 Å². The Morgan fingerprint density at radius 3 is 2.68 bits per heavy atom. The molecule has 0 amide bonds. The molecule has 1 N–H and O–H groups in total. The number of halogens is 1. The molecule has 0 bridgehead atoms. The molecule has 5 rings (SSSR count). The van der Waals surface area contributed by atoms with E-state index in [0.29, 0.717) is 11.6 Å². The third-order valence-electron chi connectivity index (χ3n) is 5.56. The first-order chi connectivity index (χ1) is 13.6. The molecule has 4 aromatic rings. The van der Waals surface area contributed by atoms with Crippen molar-refractivity contribution in [3.8, 4) is 11.1 Å². The summed E-state index contributed by atoms with van der Waals surface area (Å²) in [6.07, 6.45) is 8.72. The Hall–Kier alpha value is -2.80. The number of pyridine rings is 1. The number of fused-ring (bicyclic) bond motifs is 2. The normalized spacial score (nSPS) is 15.7. The molecule has 0 saturated carbocycles. The first-order valence-corrected chi connectivity index (χ1v) is 9.87. The summed E-state index contributed by atoms with van der Waals surface area (Å²) in [5.74, 6) is 0.695. The molecule has 0 radical (unpaired) electrons. The largest absolute Gasteiger partial charge is 0.320 e. The highest BCUT2D eigenvalue weighted by atomic mass is 19.1. The molecule has 0 atom stereocenters. The van der Waals surface area contributed by atoms with E-state index in [4.69, 9.17) is 0 Å². The van der Waals surface area contributed by atoms with Gasteiger partial charge < -0.3 is 9.72 Å². The van der Waals surface area contributed by atoms with Gasteiger partial charge in [0.2, 0.25) is 0 Å². The van der Waals surface area contributed by atoms with Crippen LogP contribution >= 0.6 is 0 Å². The number of nitrogens with zero attached hydrogens (tertiary/aromatic N) is 5. The minimum Gasteiger partial charge on any atom is -0.320 e. The molecule has 5 heterocycles. The van der Waals surface area contributed by atoms with Crippen molar-refractivity contribution in [1.29, 1.82) is 0 Å². The summed E-state index contributed by atoms with van der Waals surface area (Å²) < 4.78 is 18.5. The molecule has 0 aliphatic carbocycles. The van der Waals surface area contributed by atoms with E-state index in [9.17, 15) is 4.39 Å². The van der Waals surface area contributed by atoms with Crippen LogP contribution in [0.3, 0.4) is 0 Å². The van der Waals surface area contributed by atoms with Gasteiger partial charge in [0.1, 0.15) is 0 Å². The summed E-state index contributed by atoms with van der Waals surface area (Å²) in [5, 5.41) is 7.95. The summed E-state index contributed by atoms with van der Waals surface area (Å²) >= 11 is 0. The zero-order valence-corrected chi connectivity index (χ0v) is 16.1. The van der Waals surface area contributed by atoms with Gasteiger partial charge in [0.15, 0.2) is 17.3 Å². The van der Waals surface area contributed by atoms with E-state index in [1.165, 1.54) is 0 Å². The first kappa shape index (κ1) is 17.3. The lowest BCUT2D eigenvalue weighted by molar-refractivity contribution is 0.445. The van der Waals surface area contributed by atoms with Crippen molar-refractivity contribution in [2.24, 2.45) is 0 Å². The molecule has 1 fully saturated rings. The van der Waals surface area contributed by atoms with Crippen LogP contribution in [0, 0.1) is 12.7 Å². The topological polar surface area (TPSA) is 59.5 Å². The maximum absolute atomic E-state index is 14.8. The van der Waals surface area contributed by atoms with Crippen LogP contribution in [0.25, 0.3) is 22.3 Å². The summed E-state index contributed by atoms with van der Waals surface area (Å²) in [4.78, 5) is 9.11. The van der Waals surface area contributed by atoms with Crippen molar-refractivity contribution in [3.05, 3.63) is 53.8 Å². The van der Waals surface area contributed by atoms with Crippen molar-refractivity contribution >= 4 is 11.2 Å². The van der Waals surface area contributed by atoms with Gasteiger partial charge >= 0.3 is 0 Å². The standard InChI is InChI=1S/C21H23FN6/c1-3-18-19-9-16(11-27(19)10-13(2)24-18)15-8-17(22)21-25-20(26-28(21)12-15)14-4-6-23-7-5-14/h8-12,14,23H,3-7H2,1-2H3. The Labute approximate surface area is 162 Å². The molecule has 4 aromatic heterocycles. The molecule has 28 heavy (non-hydrogen) atoms. The fraction of sp³-hybridized carbons (Fsp3) is 0.381. The lowest BCUT2D eigenvalue weighted by atomic mass is 9.98. The molecule has 0 unspecified atom stereocenters. The SMILES string of the molecule is CCc1nc(C)cn2cc(-c3cc(F)c4nc(C5CCNCC5)nn4c3)cc12. The molecule has 7 heteroatoms. The van der Waals surface area contributed by atoms with Crippen LogP contribution in [-0.2, 0) is 6.42 Å². The van der Waals surface area contributed by atoms with Crippen LogP contribution in [0.5, 0.6) is 0 Å². The average Bonchev–Trinajstić information content (AvgIpc) is 3.32. The third-order valence-corrected chi connectivity index (χ3v) is 5.56. The summed E-state index contributed by atoms with van der Waals surface area (Å²) in [6, 6.07) is 3.62. The predicted octanol–water partition coefficient (Wildman–Crippen LogP) is 3.52. The van der Waals surface area contributed by atoms with Crippen molar-refractivity contribution in [1.82, 2.24) is 29.3 Å². The Bertz CT molecular complexity index is 1170. The van der Waals surface area contributed by atoms with Crippen LogP contribution in [0.4, 0.5) is 4.39 Å². The Morgan fingerprint density at radius 2 is 1.89 bits per heavy atom. The van der Waals surface area contributed by atoms with Crippen molar-refractivity contribution < 1.29 is 4.39 Å². The highest BCUT2D eigenvalue weighted by molar-refractivity contribution is 5.72. The van der Waals surface area contributed by atoms with Gasteiger partial charge in [0.25, 0.3) is 0 Å². The fourth-order valence-corrected chi connectivity index (χ4v) is 4.11. The third kappa shape index (κ3) is 2.86. The van der Waals surface area contributed by atoms with Crippen LogP contribution < -0.4 is 5.32 Å². The molecule has 1 saturated heterocycles. The van der Waals surface area contributed by atoms with E-state index in [2.05, 4.69) is 37.8 Å². The maximum Gasteiger partial charge on any atom is 0.191 e. The van der Waals surface area contributed by atoms with E-state index in [1.807, 2.05) is 25.5 Å². The second-order valence-corrected chi connectivity index (χ2v) is 7.54. The lowest BCUT2D eigenvalue weighted by Crippen LogP contribution is -2.27. The number of nitrogens with one attached hydrogen (secondary N) is 1. The van der Waals surface area contributed by atoms with Crippen LogP contribution in [0.15, 0.2) is 30.7 Å². The highest BCUT2D eigenvalue weighted by Crippen LogP contribution is 2.28. The van der Waals surface area contributed by atoms with Crippen molar-refractivity contribution in [2.45, 2.75) is 39.0 Å². The minimum absolute atomic E-state index is 0.294. The van der Waals surface area contributed by atoms with E-state index in [-0.39, 0.29) is 5.82 Å². The van der Waals surface area contributed by atoms with Crippen molar-refractivity contribution in [2.75, 3.05) is 13.1 Å². The second-order valence-electron chi connectivity index (χ2n) is 7.54. The van der Waals surface area contributed by atoms with Gasteiger partial charge in [-0.15, -0.1) is 0 Å². The maximum atomic E-state index is 14.8. The molecule has 144 valence electrons. The number of rotatable bonds is 3. The van der Waals surface area contributed by atoms with Crippen LogP contribution in [-0.4, -0.2) is 37.1 Å². The monoisotopic (exact) mass is 378 g/mol. The molecule has 1 aliphatic rings. The first-order valence-electron chi connectivity index (χ1n) is 9.87. The Morgan fingerprint density at radius 1 is 1.11 bits per heavy atom. The number of hydrogen-bond donors (Lipinski definition) is 1. The Balaban J connectivity index is 1.60. The summed E-state index contributed by atoms with van der Waals surface area (Å²) in [5.41, 5.74) is 5.10. The van der Waals surface area contributed by atoms with Crippen LogP contribution in [0.2, 0.25) is 0 Å². The molecular formula is C21H23FN6. The van der Waals surface area contributed by atoms with E-state index < -0.39 is 0 Å². The number of piperidine rings is 1. The number of aromatic nitrogens is 5. The van der Waals surface area contributed by atoms with Gasteiger partial charge in [-0.25, -0.2) is 13.9 Å². The summed E-state index contributed by atoms with van der Waals surface area (Å²) in [7, 11) is 0. The Kier molecular flexibility index (Phi) is 4.12. The average molecular weight is 378 g/mol. The van der Waals surface area contributed by atoms with Gasteiger partial charge in [-0.05, 0) is 51.4 Å². The minimum atomic E-state index is -0.342. The lowest BCUT2D eigenvalue weighted by Gasteiger charge is -2.19. The molecule has 1 aliphatic heterocycles.